The second kappa shape index (κ2) is 12.3. The smallest absolute Gasteiger partial charge is 0.335 e. The van der Waals surface area contributed by atoms with Crippen molar-refractivity contribution in [1.82, 2.24) is 15.3 Å². The monoisotopic (exact) mass is 574 g/mol. The number of halogens is 1. The van der Waals surface area contributed by atoms with Crippen molar-refractivity contribution in [2.45, 2.75) is 49.9 Å². The summed E-state index contributed by atoms with van der Waals surface area (Å²) in [6, 6.07) is 10.8. The molecule has 1 fully saturated rings. The third-order valence-electron chi connectivity index (χ3n) is 6.54. The van der Waals surface area contributed by atoms with Crippen molar-refractivity contribution in [3.63, 3.8) is 0 Å². The minimum absolute atomic E-state index is 0.00397. The average Bonchev–Trinajstić information content (AvgIpc) is 3.35. The van der Waals surface area contributed by atoms with Crippen LogP contribution in [-0.4, -0.2) is 79.0 Å². The number of rotatable bonds is 6. The molecule has 0 radical (unpaired) electrons. The Morgan fingerprint density at radius 2 is 1.77 bits per heavy atom. The molecule has 2 heterocycles. The zero-order valence-corrected chi connectivity index (χ0v) is 21.7. The summed E-state index contributed by atoms with van der Waals surface area (Å²) >= 11 is 6.08. The minimum Gasteiger partial charge on any atom is -0.482 e. The number of nitrogens with zero attached hydrogens (tertiary/aromatic N) is 1. The topological polar surface area (TPSA) is 211 Å². The Bertz CT molecular complexity index is 1420. The first-order valence-corrected chi connectivity index (χ1v) is 12.7. The minimum atomic E-state index is -2.27. The van der Waals surface area contributed by atoms with Gasteiger partial charge in [0.1, 0.15) is 11.6 Å². The van der Waals surface area contributed by atoms with E-state index in [9.17, 15) is 19.2 Å². The van der Waals surface area contributed by atoms with Gasteiger partial charge in [-0.05, 0) is 55.7 Å². The molecule has 0 spiro atoms. The zero-order valence-electron chi connectivity index (χ0n) is 21.0. The van der Waals surface area contributed by atoms with Gasteiger partial charge in [-0.1, -0.05) is 18.0 Å². The van der Waals surface area contributed by atoms with Crippen molar-refractivity contribution in [1.29, 1.82) is 0 Å². The zero-order chi connectivity index (χ0) is 29.0. The largest absolute Gasteiger partial charge is 0.482 e. The molecule has 14 heteroatoms. The normalized spacial score (nSPS) is 19.6. The number of aromatic nitrogens is 2. The lowest BCUT2D eigenvalue weighted by atomic mass is 9.85. The van der Waals surface area contributed by atoms with Crippen molar-refractivity contribution < 1.29 is 44.3 Å². The summed E-state index contributed by atoms with van der Waals surface area (Å²) in [7, 11) is 0. The van der Waals surface area contributed by atoms with Crippen LogP contribution in [0.5, 0.6) is 5.75 Å². The van der Waals surface area contributed by atoms with E-state index in [0.29, 0.717) is 22.0 Å². The summed E-state index contributed by atoms with van der Waals surface area (Å²) in [5.41, 5.74) is 2.86. The Morgan fingerprint density at radius 1 is 1.05 bits per heavy atom. The SMILES string of the molecule is O=C(O)C(O)C(O)C(=O)O.O=C1COc2ccc(C(=O)N[C@@H]3CCC[C@H](c4nc5ccc(Cl)cc5[nH]4)C3)cc2N1. The van der Waals surface area contributed by atoms with Gasteiger partial charge in [-0.3, -0.25) is 9.59 Å². The molecule has 13 nitrogen and oxygen atoms in total. The van der Waals surface area contributed by atoms with Gasteiger partial charge in [0.2, 0.25) is 0 Å². The maximum absolute atomic E-state index is 12.8. The number of anilines is 1. The predicted molar refractivity (Wildman–Crippen MR) is 141 cm³/mol. The van der Waals surface area contributed by atoms with E-state index in [1.54, 1.807) is 18.2 Å². The number of nitrogens with one attached hydrogen (secondary N) is 3. The summed E-state index contributed by atoms with van der Waals surface area (Å²) < 4.78 is 5.35. The number of aliphatic hydroxyl groups is 2. The molecule has 7 N–H and O–H groups in total. The number of carboxylic acid groups (broad SMARTS) is 2. The van der Waals surface area contributed by atoms with Crippen LogP contribution in [0, 0.1) is 0 Å². The molecule has 2 unspecified atom stereocenters. The molecular formula is C26H27ClN4O9. The van der Waals surface area contributed by atoms with E-state index in [2.05, 4.69) is 15.6 Å². The highest BCUT2D eigenvalue weighted by atomic mass is 35.5. The highest BCUT2D eigenvalue weighted by Gasteiger charge is 2.29. The molecule has 2 aromatic carbocycles. The molecule has 40 heavy (non-hydrogen) atoms. The van der Waals surface area contributed by atoms with Gasteiger partial charge in [0, 0.05) is 22.5 Å². The highest BCUT2D eigenvalue weighted by Crippen LogP contribution is 2.33. The van der Waals surface area contributed by atoms with E-state index >= 15 is 0 Å². The maximum Gasteiger partial charge on any atom is 0.335 e. The maximum atomic E-state index is 12.8. The van der Waals surface area contributed by atoms with Crippen LogP contribution in [-0.2, 0) is 14.4 Å². The fraction of sp³-hybridized carbons (Fsp3) is 0.346. The van der Waals surface area contributed by atoms with Crippen molar-refractivity contribution in [2.24, 2.45) is 0 Å². The van der Waals surface area contributed by atoms with Crippen LogP contribution in [0.25, 0.3) is 11.0 Å². The lowest BCUT2D eigenvalue weighted by Gasteiger charge is -2.29. The van der Waals surface area contributed by atoms with Gasteiger partial charge in [-0.25, -0.2) is 14.6 Å². The number of aromatic amines is 1. The van der Waals surface area contributed by atoms with E-state index < -0.39 is 24.1 Å². The van der Waals surface area contributed by atoms with Crippen LogP contribution in [0.4, 0.5) is 5.69 Å². The molecule has 4 atom stereocenters. The van der Waals surface area contributed by atoms with E-state index in [1.807, 2.05) is 18.2 Å². The van der Waals surface area contributed by atoms with E-state index in [1.165, 1.54) is 0 Å². The molecule has 0 saturated heterocycles. The number of aliphatic carboxylic acids is 2. The number of fused-ring (bicyclic) bond motifs is 2. The van der Waals surface area contributed by atoms with Gasteiger partial charge >= 0.3 is 11.9 Å². The number of carbonyl (C=O) groups is 4. The van der Waals surface area contributed by atoms with E-state index in [4.69, 9.17) is 41.7 Å². The molecule has 2 amide bonds. The van der Waals surface area contributed by atoms with Crippen molar-refractivity contribution in [3.8, 4) is 5.75 Å². The predicted octanol–water partition coefficient (Wildman–Crippen LogP) is 1.88. The number of carbonyl (C=O) groups excluding carboxylic acids is 2. The number of imidazole rings is 1. The number of H-pyrrole nitrogens is 1. The number of aliphatic hydroxyl groups excluding tert-OH is 2. The number of hydrogen-bond acceptors (Lipinski definition) is 8. The number of ether oxygens (including phenoxy) is 1. The third kappa shape index (κ3) is 6.86. The summed E-state index contributed by atoms with van der Waals surface area (Å²) in [6.07, 6.45) is -0.734. The van der Waals surface area contributed by atoms with Crippen LogP contribution >= 0.6 is 11.6 Å². The summed E-state index contributed by atoms with van der Waals surface area (Å²) in [5, 5.41) is 39.1. The first-order valence-electron chi connectivity index (χ1n) is 12.4. The fourth-order valence-corrected chi connectivity index (χ4v) is 4.70. The fourth-order valence-electron chi connectivity index (χ4n) is 4.53. The summed E-state index contributed by atoms with van der Waals surface area (Å²) in [4.78, 5) is 52.0. The molecule has 1 saturated carbocycles. The number of carboxylic acids is 2. The number of benzene rings is 2. The first-order chi connectivity index (χ1) is 19.0. The van der Waals surface area contributed by atoms with Crippen molar-refractivity contribution in [2.75, 3.05) is 11.9 Å². The molecular weight excluding hydrogens is 548 g/mol. The van der Waals surface area contributed by atoms with Crippen LogP contribution in [0.2, 0.25) is 5.02 Å². The highest BCUT2D eigenvalue weighted by molar-refractivity contribution is 6.31. The molecule has 1 aliphatic heterocycles. The molecule has 1 aliphatic carbocycles. The molecule has 1 aromatic heterocycles. The second-order valence-electron chi connectivity index (χ2n) is 9.43. The lowest BCUT2D eigenvalue weighted by Crippen LogP contribution is -2.39. The Kier molecular flexibility index (Phi) is 8.87. The van der Waals surface area contributed by atoms with Gasteiger partial charge in [-0.2, -0.15) is 0 Å². The van der Waals surface area contributed by atoms with E-state index in [0.717, 1.165) is 42.5 Å². The Balaban J connectivity index is 0.000000318. The van der Waals surface area contributed by atoms with Gasteiger partial charge < -0.3 is 40.8 Å². The lowest BCUT2D eigenvalue weighted by molar-refractivity contribution is -0.165. The van der Waals surface area contributed by atoms with E-state index in [-0.39, 0.29) is 30.4 Å². The van der Waals surface area contributed by atoms with Crippen molar-refractivity contribution in [3.05, 3.63) is 52.8 Å². The standard InChI is InChI=1S/C22H21ClN4O3.C4H6O6/c23-14-5-6-16-17(10-14)27-21(26-16)12-2-1-3-15(8-12)24-22(29)13-4-7-19-18(9-13)25-20(28)11-30-19;5-1(3(7)8)2(6)4(9)10/h4-7,9-10,12,15H,1-3,8,11H2,(H,24,29)(H,25,28)(H,26,27);1-2,5-6H,(H,7,8)(H,9,10)/t12-,15+;/m0./s1. The molecule has 212 valence electrons. The van der Waals surface area contributed by atoms with Crippen molar-refractivity contribution >= 4 is 52.1 Å². The van der Waals surface area contributed by atoms with Crippen LogP contribution < -0.4 is 15.4 Å². The molecule has 0 bridgehead atoms. The molecule has 5 rings (SSSR count). The number of amides is 2. The Hall–Kier alpha value is -4.20. The summed E-state index contributed by atoms with van der Waals surface area (Å²) in [5.74, 6) is -2.13. The quantitative estimate of drug-likeness (QED) is 0.227. The van der Waals surface area contributed by atoms with Gasteiger partial charge in [0.05, 0.1) is 16.7 Å². The Morgan fingerprint density at radius 3 is 2.48 bits per heavy atom. The van der Waals surface area contributed by atoms with Gasteiger partial charge in [0.15, 0.2) is 18.8 Å². The second-order valence-corrected chi connectivity index (χ2v) is 9.87. The summed E-state index contributed by atoms with van der Waals surface area (Å²) in [6.45, 7) is -0.00397. The van der Waals surface area contributed by atoms with Crippen LogP contribution in [0.1, 0.15) is 47.8 Å². The average molecular weight is 575 g/mol. The molecule has 2 aliphatic rings. The Labute approximate surface area is 232 Å². The van der Waals surface area contributed by atoms with Crippen LogP contribution in [0.3, 0.4) is 0 Å². The molecule has 3 aromatic rings. The third-order valence-corrected chi connectivity index (χ3v) is 6.77. The first kappa shape index (κ1) is 28.8. The van der Waals surface area contributed by atoms with Gasteiger partial charge in [0.25, 0.3) is 11.8 Å². The van der Waals surface area contributed by atoms with Gasteiger partial charge in [-0.15, -0.1) is 0 Å². The van der Waals surface area contributed by atoms with Crippen LogP contribution in [0.15, 0.2) is 36.4 Å². The number of hydrogen-bond donors (Lipinski definition) is 7.